The van der Waals surface area contributed by atoms with E-state index in [4.69, 9.17) is 20.8 Å². The fraction of sp³-hybridized carbons (Fsp3) is 0.385. The van der Waals surface area contributed by atoms with Crippen LogP contribution >= 0.6 is 11.6 Å². The van der Waals surface area contributed by atoms with E-state index in [9.17, 15) is 14.4 Å². The summed E-state index contributed by atoms with van der Waals surface area (Å²) >= 11 is 5.87. The number of rotatable bonds is 8. The first kappa shape index (κ1) is 25.7. The minimum Gasteiger partial charge on any atom is -0.449 e. The largest absolute Gasteiger partial charge is 0.449 e. The third-order valence-electron chi connectivity index (χ3n) is 6.47. The molecule has 36 heavy (non-hydrogen) atoms. The number of aromatic nitrogens is 1. The molecule has 190 valence electrons. The Hall–Kier alpha value is -3.43. The van der Waals surface area contributed by atoms with Gasteiger partial charge in [0.15, 0.2) is 0 Å². The molecule has 2 N–H and O–H groups in total. The number of nitrogens with one attached hydrogen (secondary N) is 2. The van der Waals surface area contributed by atoms with Crippen molar-refractivity contribution in [3.8, 4) is 0 Å². The number of fused-ring (bicyclic) bond motifs is 1. The Morgan fingerprint density at radius 3 is 2.50 bits per heavy atom. The number of halogens is 1. The van der Waals surface area contributed by atoms with E-state index >= 15 is 0 Å². The van der Waals surface area contributed by atoms with Crippen molar-refractivity contribution >= 4 is 51.8 Å². The van der Waals surface area contributed by atoms with Crippen molar-refractivity contribution in [1.82, 2.24) is 9.88 Å². The summed E-state index contributed by atoms with van der Waals surface area (Å²) in [4.78, 5) is 44.7. The SMILES string of the molecule is COCCN(C)C(=O)[C@H]1CC[C@H](C(=O)Nc2c(C(=O)Nc3ccc(Cl)cn3)oc3ccccc23)CC1. The van der Waals surface area contributed by atoms with Crippen molar-refractivity contribution < 1.29 is 23.5 Å². The first-order chi connectivity index (χ1) is 17.4. The Balaban J connectivity index is 1.45. The minimum absolute atomic E-state index is 0.00932. The van der Waals surface area contributed by atoms with E-state index in [-0.39, 0.29) is 29.4 Å². The molecule has 1 fully saturated rings. The number of hydrogen-bond acceptors (Lipinski definition) is 6. The molecule has 2 aromatic heterocycles. The number of methoxy groups -OCH3 is 1. The number of para-hydroxylation sites is 1. The highest BCUT2D eigenvalue weighted by Crippen LogP contribution is 2.34. The fourth-order valence-corrected chi connectivity index (χ4v) is 4.54. The second kappa shape index (κ2) is 11.5. The lowest BCUT2D eigenvalue weighted by Crippen LogP contribution is -2.38. The smallest absolute Gasteiger partial charge is 0.294 e. The number of hydrogen-bond donors (Lipinski definition) is 2. The van der Waals surface area contributed by atoms with Gasteiger partial charge in [0.25, 0.3) is 5.91 Å². The van der Waals surface area contributed by atoms with Gasteiger partial charge in [0.05, 0.1) is 11.6 Å². The van der Waals surface area contributed by atoms with Crippen LogP contribution < -0.4 is 10.6 Å². The number of furan rings is 1. The number of amides is 3. The second-order valence-corrected chi connectivity index (χ2v) is 9.34. The molecule has 1 saturated carbocycles. The maximum atomic E-state index is 13.2. The van der Waals surface area contributed by atoms with Gasteiger partial charge in [0.1, 0.15) is 17.1 Å². The summed E-state index contributed by atoms with van der Waals surface area (Å²) in [5.41, 5.74) is 0.801. The molecule has 9 nitrogen and oxygen atoms in total. The lowest BCUT2D eigenvalue weighted by molar-refractivity contribution is -0.137. The van der Waals surface area contributed by atoms with E-state index < -0.39 is 5.91 Å². The molecule has 2 heterocycles. The van der Waals surface area contributed by atoms with E-state index in [0.29, 0.717) is 66.3 Å². The zero-order valence-corrected chi connectivity index (χ0v) is 21.0. The van der Waals surface area contributed by atoms with Crippen LogP contribution in [0.5, 0.6) is 0 Å². The van der Waals surface area contributed by atoms with E-state index in [1.165, 1.54) is 6.20 Å². The zero-order chi connectivity index (χ0) is 25.7. The average Bonchev–Trinajstić information content (AvgIpc) is 3.26. The molecule has 0 spiro atoms. The Labute approximate surface area is 214 Å². The van der Waals surface area contributed by atoms with Crippen LogP contribution in [0.15, 0.2) is 47.0 Å². The second-order valence-electron chi connectivity index (χ2n) is 8.91. The molecule has 0 bridgehead atoms. The Morgan fingerprint density at radius 2 is 1.81 bits per heavy atom. The van der Waals surface area contributed by atoms with Crippen molar-refractivity contribution in [1.29, 1.82) is 0 Å². The number of pyridine rings is 1. The predicted molar refractivity (Wildman–Crippen MR) is 137 cm³/mol. The van der Waals surface area contributed by atoms with Crippen LogP contribution in [-0.4, -0.2) is 54.9 Å². The van der Waals surface area contributed by atoms with Crippen LogP contribution in [0, 0.1) is 11.8 Å². The van der Waals surface area contributed by atoms with Crippen LogP contribution in [-0.2, 0) is 14.3 Å². The predicted octanol–water partition coefficient (Wildman–Crippen LogP) is 4.58. The Kier molecular flexibility index (Phi) is 8.22. The highest BCUT2D eigenvalue weighted by atomic mass is 35.5. The molecule has 0 saturated heterocycles. The number of ether oxygens (including phenoxy) is 1. The average molecular weight is 513 g/mol. The van der Waals surface area contributed by atoms with Crippen LogP contribution in [0.4, 0.5) is 11.5 Å². The van der Waals surface area contributed by atoms with Crippen LogP contribution in [0.2, 0.25) is 5.02 Å². The maximum absolute atomic E-state index is 13.2. The first-order valence-electron chi connectivity index (χ1n) is 11.9. The molecule has 3 aromatic rings. The molecule has 1 aliphatic carbocycles. The molecule has 3 amide bonds. The van der Waals surface area contributed by atoms with E-state index in [1.54, 1.807) is 49.4 Å². The number of likely N-dealkylation sites (N-methyl/N-ethyl adjacent to an activating group) is 1. The number of nitrogens with zero attached hydrogens (tertiary/aromatic N) is 2. The van der Waals surface area contributed by atoms with Crippen LogP contribution in [0.25, 0.3) is 11.0 Å². The molecular weight excluding hydrogens is 484 g/mol. The standard InChI is InChI=1S/C26H29ClN4O5/c1-31(13-14-35-2)26(34)17-9-7-16(8-10-17)24(32)30-22-19-5-3-4-6-20(19)36-23(22)25(33)29-21-12-11-18(27)15-28-21/h3-6,11-12,15-17H,7-10,13-14H2,1-2H3,(H,30,32)(H,28,29,33)/t16-,17-. The molecule has 4 rings (SSSR count). The molecular formula is C26H29ClN4O5. The third-order valence-corrected chi connectivity index (χ3v) is 6.70. The lowest BCUT2D eigenvalue weighted by atomic mass is 9.81. The van der Waals surface area contributed by atoms with Gasteiger partial charge in [-0.2, -0.15) is 0 Å². The molecule has 1 aromatic carbocycles. The lowest BCUT2D eigenvalue weighted by Gasteiger charge is -2.30. The Bertz CT molecular complexity index is 1230. The highest BCUT2D eigenvalue weighted by molar-refractivity contribution is 6.30. The number of benzene rings is 1. The van der Waals surface area contributed by atoms with Gasteiger partial charge in [-0.15, -0.1) is 0 Å². The molecule has 0 unspecified atom stereocenters. The summed E-state index contributed by atoms with van der Waals surface area (Å²) in [7, 11) is 3.38. The van der Waals surface area contributed by atoms with Crippen molar-refractivity contribution in [2.24, 2.45) is 11.8 Å². The van der Waals surface area contributed by atoms with Gasteiger partial charge in [0, 0.05) is 44.1 Å². The number of carbonyl (C=O) groups excluding carboxylic acids is 3. The maximum Gasteiger partial charge on any atom is 0.294 e. The minimum atomic E-state index is -0.537. The van der Waals surface area contributed by atoms with Gasteiger partial charge in [0.2, 0.25) is 17.6 Å². The van der Waals surface area contributed by atoms with Crippen molar-refractivity contribution in [2.75, 3.05) is 37.9 Å². The highest BCUT2D eigenvalue weighted by Gasteiger charge is 2.32. The summed E-state index contributed by atoms with van der Waals surface area (Å²) in [5.74, 6) is -0.713. The normalized spacial score (nSPS) is 17.5. The van der Waals surface area contributed by atoms with Gasteiger partial charge in [-0.05, 0) is 49.9 Å². The number of carbonyl (C=O) groups is 3. The molecule has 0 atom stereocenters. The van der Waals surface area contributed by atoms with Gasteiger partial charge in [-0.1, -0.05) is 23.7 Å². The summed E-state index contributed by atoms with van der Waals surface area (Å²) in [5, 5.41) is 6.68. The van der Waals surface area contributed by atoms with Crippen molar-refractivity contribution in [2.45, 2.75) is 25.7 Å². The summed E-state index contributed by atoms with van der Waals surface area (Å²) in [6.45, 7) is 1.03. The zero-order valence-electron chi connectivity index (χ0n) is 20.3. The van der Waals surface area contributed by atoms with Crippen molar-refractivity contribution in [3.63, 3.8) is 0 Å². The van der Waals surface area contributed by atoms with Gasteiger partial charge < -0.3 is 24.7 Å². The monoisotopic (exact) mass is 512 g/mol. The van der Waals surface area contributed by atoms with Gasteiger partial charge in [-0.3, -0.25) is 14.4 Å². The van der Waals surface area contributed by atoms with E-state index in [2.05, 4.69) is 15.6 Å². The van der Waals surface area contributed by atoms with Crippen LogP contribution in [0.1, 0.15) is 36.2 Å². The number of anilines is 2. The molecule has 1 aliphatic rings. The summed E-state index contributed by atoms with van der Waals surface area (Å²) in [6.07, 6.45) is 3.87. The first-order valence-corrected chi connectivity index (χ1v) is 12.2. The molecule has 0 aliphatic heterocycles. The van der Waals surface area contributed by atoms with E-state index in [0.717, 1.165) is 0 Å². The van der Waals surface area contributed by atoms with E-state index in [1.807, 2.05) is 6.07 Å². The summed E-state index contributed by atoms with van der Waals surface area (Å²) < 4.78 is 10.9. The quantitative estimate of drug-likeness (QED) is 0.456. The van der Waals surface area contributed by atoms with Crippen LogP contribution in [0.3, 0.4) is 0 Å². The van der Waals surface area contributed by atoms with Gasteiger partial charge in [-0.25, -0.2) is 4.98 Å². The van der Waals surface area contributed by atoms with Gasteiger partial charge >= 0.3 is 0 Å². The van der Waals surface area contributed by atoms with Crippen molar-refractivity contribution in [3.05, 3.63) is 53.4 Å². The fourth-order valence-electron chi connectivity index (χ4n) is 4.43. The third kappa shape index (κ3) is 5.85. The summed E-state index contributed by atoms with van der Waals surface area (Å²) in [6, 6.07) is 10.3. The molecule has 0 radical (unpaired) electrons. The molecule has 10 heteroatoms. The Morgan fingerprint density at radius 1 is 1.08 bits per heavy atom. The topological polar surface area (TPSA) is 114 Å².